The SMILES string of the molecule is O=C1N[C@H](Cc2ccccc2)C(=O)N1C[C@@H](O)COCc1ccc(Cl)cc1. The van der Waals surface area contributed by atoms with Gasteiger partial charge in [-0.25, -0.2) is 4.79 Å². The standard InChI is InChI=1S/C20H21ClN2O4/c21-16-8-6-15(7-9-16)12-27-13-17(24)11-23-19(25)18(22-20(23)26)10-14-4-2-1-3-5-14/h1-9,17-18,24H,10-13H2,(H,22,26)/t17-,18-/m1/s1. The van der Waals surface area contributed by atoms with E-state index in [1.807, 2.05) is 42.5 Å². The van der Waals surface area contributed by atoms with Crippen molar-refractivity contribution in [1.82, 2.24) is 10.2 Å². The molecule has 2 N–H and O–H groups in total. The third kappa shape index (κ3) is 5.29. The lowest BCUT2D eigenvalue weighted by atomic mass is 10.1. The van der Waals surface area contributed by atoms with Crippen LogP contribution in [-0.2, 0) is 22.6 Å². The van der Waals surface area contributed by atoms with E-state index in [1.165, 1.54) is 0 Å². The second kappa shape index (κ2) is 8.99. The highest BCUT2D eigenvalue weighted by Gasteiger charge is 2.38. The summed E-state index contributed by atoms with van der Waals surface area (Å²) >= 11 is 5.83. The van der Waals surface area contributed by atoms with Crippen LogP contribution in [0.4, 0.5) is 4.79 Å². The van der Waals surface area contributed by atoms with Crippen molar-refractivity contribution in [2.45, 2.75) is 25.2 Å². The molecular formula is C20H21ClN2O4. The van der Waals surface area contributed by atoms with E-state index < -0.39 is 18.2 Å². The number of urea groups is 1. The van der Waals surface area contributed by atoms with E-state index >= 15 is 0 Å². The number of hydrogen-bond acceptors (Lipinski definition) is 4. The van der Waals surface area contributed by atoms with Gasteiger partial charge in [-0.1, -0.05) is 54.1 Å². The highest BCUT2D eigenvalue weighted by Crippen LogP contribution is 2.13. The van der Waals surface area contributed by atoms with Crippen LogP contribution in [0.1, 0.15) is 11.1 Å². The minimum absolute atomic E-state index is 0.0169. The van der Waals surface area contributed by atoms with Crippen LogP contribution in [0.15, 0.2) is 54.6 Å². The topological polar surface area (TPSA) is 78.9 Å². The van der Waals surface area contributed by atoms with E-state index in [2.05, 4.69) is 5.32 Å². The molecule has 1 fully saturated rings. The molecule has 0 aliphatic carbocycles. The fraction of sp³-hybridized carbons (Fsp3) is 0.300. The fourth-order valence-corrected chi connectivity index (χ4v) is 3.02. The number of amides is 3. The molecule has 0 unspecified atom stereocenters. The maximum Gasteiger partial charge on any atom is 0.324 e. The molecular weight excluding hydrogens is 368 g/mol. The molecule has 1 aliphatic heterocycles. The molecule has 0 saturated carbocycles. The van der Waals surface area contributed by atoms with Gasteiger partial charge < -0.3 is 15.2 Å². The summed E-state index contributed by atoms with van der Waals surface area (Å²) < 4.78 is 5.46. The molecule has 3 amide bonds. The van der Waals surface area contributed by atoms with Gasteiger partial charge in [0.15, 0.2) is 0 Å². The molecule has 3 rings (SSSR count). The average molecular weight is 389 g/mol. The first kappa shape index (κ1) is 19.4. The average Bonchev–Trinajstić information content (AvgIpc) is 2.92. The maximum atomic E-state index is 12.5. The number of carbonyl (C=O) groups excluding carboxylic acids is 2. The van der Waals surface area contributed by atoms with E-state index in [0.717, 1.165) is 16.0 Å². The molecule has 2 aromatic rings. The maximum absolute atomic E-state index is 12.5. The second-order valence-electron chi connectivity index (χ2n) is 6.44. The van der Waals surface area contributed by atoms with Crippen molar-refractivity contribution in [3.05, 3.63) is 70.7 Å². The molecule has 1 heterocycles. The fourth-order valence-electron chi connectivity index (χ4n) is 2.89. The van der Waals surface area contributed by atoms with E-state index in [1.54, 1.807) is 12.1 Å². The molecule has 0 aromatic heterocycles. The van der Waals surface area contributed by atoms with Gasteiger partial charge in [0.05, 0.1) is 25.9 Å². The Morgan fingerprint density at radius 2 is 1.78 bits per heavy atom. The van der Waals surface area contributed by atoms with E-state index in [0.29, 0.717) is 18.1 Å². The number of β-amino-alcohol motifs (C(OH)–C–C–N with tert-alkyl or cyclic N) is 1. The van der Waals surface area contributed by atoms with Crippen molar-refractivity contribution in [3.63, 3.8) is 0 Å². The minimum Gasteiger partial charge on any atom is -0.389 e. The van der Waals surface area contributed by atoms with Gasteiger partial charge in [-0.05, 0) is 23.3 Å². The van der Waals surface area contributed by atoms with Crippen LogP contribution < -0.4 is 5.32 Å². The van der Waals surface area contributed by atoms with E-state index in [9.17, 15) is 14.7 Å². The molecule has 142 valence electrons. The molecule has 2 atom stereocenters. The number of imide groups is 1. The van der Waals surface area contributed by atoms with Gasteiger partial charge in [0.1, 0.15) is 6.04 Å². The second-order valence-corrected chi connectivity index (χ2v) is 6.87. The van der Waals surface area contributed by atoms with Crippen LogP contribution in [0.2, 0.25) is 5.02 Å². The van der Waals surface area contributed by atoms with Crippen molar-refractivity contribution >= 4 is 23.5 Å². The molecule has 2 aromatic carbocycles. The van der Waals surface area contributed by atoms with Gasteiger partial charge in [0.25, 0.3) is 5.91 Å². The van der Waals surface area contributed by atoms with Crippen molar-refractivity contribution in [3.8, 4) is 0 Å². The molecule has 0 bridgehead atoms. The quantitative estimate of drug-likeness (QED) is 0.680. The van der Waals surface area contributed by atoms with E-state index in [-0.39, 0.29) is 19.1 Å². The predicted molar refractivity (Wildman–Crippen MR) is 101 cm³/mol. The Balaban J connectivity index is 1.47. The summed E-state index contributed by atoms with van der Waals surface area (Å²) in [4.78, 5) is 25.6. The molecule has 1 aliphatic rings. The number of carbonyl (C=O) groups is 2. The lowest BCUT2D eigenvalue weighted by Gasteiger charge is -2.18. The number of benzene rings is 2. The Kier molecular flexibility index (Phi) is 6.45. The third-order valence-corrected chi connectivity index (χ3v) is 4.53. The Hall–Kier alpha value is -2.41. The number of rotatable bonds is 8. The van der Waals surface area contributed by atoms with Crippen molar-refractivity contribution in [1.29, 1.82) is 0 Å². The molecule has 1 saturated heterocycles. The highest BCUT2D eigenvalue weighted by atomic mass is 35.5. The third-order valence-electron chi connectivity index (χ3n) is 4.28. The first-order valence-electron chi connectivity index (χ1n) is 8.69. The van der Waals surface area contributed by atoms with Gasteiger partial charge >= 0.3 is 6.03 Å². The van der Waals surface area contributed by atoms with Gasteiger partial charge in [0.2, 0.25) is 0 Å². The van der Waals surface area contributed by atoms with E-state index in [4.69, 9.17) is 16.3 Å². The smallest absolute Gasteiger partial charge is 0.324 e. The Labute approximate surface area is 162 Å². The normalized spacial score (nSPS) is 17.9. The lowest BCUT2D eigenvalue weighted by Crippen LogP contribution is -2.39. The lowest BCUT2D eigenvalue weighted by molar-refractivity contribution is -0.128. The number of aliphatic hydroxyl groups is 1. The number of hydrogen-bond donors (Lipinski definition) is 2. The number of nitrogens with zero attached hydrogens (tertiary/aromatic N) is 1. The van der Waals surface area contributed by atoms with Crippen LogP contribution in [0, 0.1) is 0 Å². The van der Waals surface area contributed by atoms with Crippen LogP contribution in [-0.4, -0.2) is 47.2 Å². The van der Waals surface area contributed by atoms with Crippen molar-refractivity contribution in [2.75, 3.05) is 13.2 Å². The van der Waals surface area contributed by atoms with Gasteiger partial charge in [0, 0.05) is 11.4 Å². The monoisotopic (exact) mass is 388 g/mol. The zero-order valence-electron chi connectivity index (χ0n) is 14.7. The first-order valence-corrected chi connectivity index (χ1v) is 9.07. The first-order chi connectivity index (χ1) is 13.0. The minimum atomic E-state index is -0.956. The molecule has 0 spiro atoms. The summed E-state index contributed by atoms with van der Waals surface area (Å²) in [5.41, 5.74) is 1.88. The van der Waals surface area contributed by atoms with Gasteiger partial charge in [-0.15, -0.1) is 0 Å². The Bertz CT molecular complexity index is 782. The van der Waals surface area contributed by atoms with Gasteiger partial charge in [-0.2, -0.15) is 0 Å². The summed E-state index contributed by atoms with van der Waals surface area (Å²) in [6, 6.07) is 15.6. The summed E-state index contributed by atoms with van der Waals surface area (Å²) in [7, 11) is 0. The Morgan fingerprint density at radius 3 is 2.48 bits per heavy atom. The highest BCUT2D eigenvalue weighted by molar-refractivity contribution is 6.30. The van der Waals surface area contributed by atoms with Crippen molar-refractivity contribution in [2.24, 2.45) is 0 Å². The summed E-state index contributed by atoms with van der Waals surface area (Å²) in [5.74, 6) is -0.333. The Morgan fingerprint density at radius 1 is 1.07 bits per heavy atom. The largest absolute Gasteiger partial charge is 0.389 e. The number of halogens is 1. The zero-order chi connectivity index (χ0) is 19.2. The zero-order valence-corrected chi connectivity index (χ0v) is 15.4. The summed E-state index contributed by atoms with van der Waals surface area (Å²) in [5, 5.41) is 13.4. The van der Waals surface area contributed by atoms with Crippen molar-refractivity contribution < 1.29 is 19.4 Å². The number of nitrogens with one attached hydrogen (secondary N) is 1. The predicted octanol–water partition coefficient (Wildman–Crippen LogP) is 2.38. The molecule has 7 heteroatoms. The molecule has 27 heavy (non-hydrogen) atoms. The molecule has 6 nitrogen and oxygen atoms in total. The number of ether oxygens (including phenoxy) is 1. The summed E-state index contributed by atoms with van der Waals surface area (Å²) in [6.45, 7) is 0.227. The van der Waals surface area contributed by atoms with Crippen LogP contribution in [0.5, 0.6) is 0 Å². The molecule has 0 radical (unpaired) electrons. The summed E-state index contributed by atoms with van der Waals surface area (Å²) in [6.07, 6.45) is -0.534. The number of aliphatic hydroxyl groups excluding tert-OH is 1. The van der Waals surface area contributed by atoms with Crippen LogP contribution in [0.25, 0.3) is 0 Å². The van der Waals surface area contributed by atoms with Crippen LogP contribution >= 0.6 is 11.6 Å². The van der Waals surface area contributed by atoms with Crippen LogP contribution in [0.3, 0.4) is 0 Å². The van der Waals surface area contributed by atoms with Gasteiger partial charge in [-0.3, -0.25) is 9.69 Å².